The van der Waals surface area contributed by atoms with Crippen molar-refractivity contribution in [1.82, 2.24) is 0 Å². The smallest absolute Gasteiger partial charge is 0.308 e. The van der Waals surface area contributed by atoms with Crippen molar-refractivity contribution < 1.29 is 35.1 Å². The van der Waals surface area contributed by atoms with Crippen LogP contribution in [0.2, 0.25) is 0 Å². The van der Waals surface area contributed by atoms with E-state index in [-0.39, 0.29) is 22.6 Å². The average molecular weight is 362 g/mol. The molecule has 0 radical (unpaired) electrons. The van der Waals surface area contributed by atoms with E-state index < -0.39 is 18.5 Å². The minimum Gasteiger partial charge on any atom is -0.828 e. The van der Waals surface area contributed by atoms with Crippen molar-refractivity contribution in [3.63, 3.8) is 0 Å². The van der Waals surface area contributed by atoms with E-state index >= 15 is 0 Å². The lowest BCUT2D eigenvalue weighted by Gasteiger charge is -2.18. The number of ether oxygens (including phenoxy) is 1. The molecular formula is C19H22O7-2. The SMILES string of the molecule is CC(=O)Oc1ccc(C)cc1C([O-])O.Cc1cc(C)c(O)c(C([O-])O)c1. The highest BCUT2D eigenvalue weighted by Gasteiger charge is 2.07. The van der Waals surface area contributed by atoms with Crippen molar-refractivity contribution >= 4 is 5.97 Å². The molecule has 0 saturated heterocycles. The lowest BCUT2D eigenvalue weighted by molar-refractivity contribution is -0.491. The summed E-state index contributed by atoms with van der Waals surface area (Å²) >= 11 is 0. The van der Waals surface area contributed by atoms with Crippen LogP contribution in [0.4, 0.5) is 0 Å². The maximum atomic E-state index is 10.8. The number of rotatable bonds is 3. The molecule has 0 fully saturated rings. The molecule has 0 aliphatic rings. The summed E-state index contributed by atoms with van der Waals surface area (Å²) in [5.74, 6) is -0.510. The Labute approximate surface area is 151 Å². The van der Waals surface area contributed by atoms with Gasteiger partial charge in [-0.2, -0.15) is 0 Å². The second kappa shape index (κ2) is 9.30. The van der Waals surface area contributed by atoms with E-state index in [0.717, 1.165) is 11.1 Å². The summed E-state index contributed by atoms with van der Waals surface area (Å²) in [6.07, 6.45) is -3.74. The first-order valence-electron chi connectivity index (χ1n) is 7.79. The number of aromatic hydroxyl groups is 1. The quantitative estimate of drug-likeness (QED) is 0.414. The van der Waals surface area contributed by atoms with Crippen molar-refractivity contribution in [2.75, 3.05) is 0 Å². The third kappa shape index (κ3) is 6.12. The van der Waals surface area contributed by atoms with Crippen molar-refractivity contribution in [3.05, 3.63) is 58.1 Å². The largest absolute Gasteiger partial charge is 0.828 e. The van der Waals surface area contributed by atoms with Gasteiger partial charge in [0.15, 0.2) is 0 Å². The van der Waals surface area contributed by atoms with E-state index in [4.69, 9.17) is 14.9 Å². The van der Waals surface area contributed by atoms with Crippen LogP contribution in [0.25, 0.3) is 0 Å². The molecule has 2 atom stereocenters. The summed E-state index contributed by atoms with van der Waals surface area (Å²) in [7, 11) is 0. The normalized spacial score (nSPS) is 12.6. The van der Waals surface area contributed by atoms with Crippen LogP contribution in [0.3, 0.4) is 0 Å². The van der Waals surface area contributed by atoms with E-state index in [9.17, 15) is 20.1 Å². The van der Waals surface area contributed by atoms with E-state index in [0.29, 0.717) is 5.56 Å². The van der Waals surface area contributed by atoms with Crippen molar-refractivity contribution in [2.45, 2.75) is 40.3 Å². The molecule has 0 aliphatic carbocycles. The summed E-state index contributed by atoms with van der Waals surface area (Å²) in [6.45, 7) is 6.51. The molecule has 0 aromatic heterocycles. The predicted octanol–water partition coefficient (Wildman–Crippen LogP) is 0.632. The molecule has 0 heterocycles. The van der Waals surface area contributed by atoms with Gasteiger partial charge in [-0.25, -0.2) is 0 Å². The number of aliphatic hydroxyl groups excluding tert-OH is 2. The number of aryl methyl sites for hydroxylation is 3. The minimum absolute atomic E-state index is 0.0486. The van der Waals surface area contributed by atoms with Crippen LogP contribution in [-0.2, 0) is 4.79 Å². The molecule has 2 rings (SSSR count). The first-order valence-corrected chi connectivity index (χ1v) is 7.79. The van der Waals surface area contributed by atoms with Gasteiger partial charge in [0.1, 0.15) is 11.5 Å². The zero-order valence-electron chi connectivity index (χ0n) is 15.0. The Kier molecular flexibility index (Phi) is 7.73. The molecule has 142 valence electrons. The second-order valence-corrected chi connectivity index (χ2v) is 5.86. The Morgan fingerprint density at radius 1 is 0.962 bits per heavy atom. The van der Waals surface area contributed by atoms with E-state index in [1.165, 1.54) is 25.1 Å². The van der Waals surface area contributed by atoms with Gasteiger partial charge >= 0.3 is 5.97 Å². The summed E-state index contributed by atoms with van der Waals surface area (Å²) < 4.78 is 4.76. The highest BCUT2D eigenvalue weighted by atomic mass is 16.5. The maximum absolute atomic E-state index is 10.8. The fraction of sp³-hybridized carbons (Fsp3) is 0.316. The van der Waals surface area contributed by atoms with Gasteiger partial charge in [-0.1, -0.05) is 35.4 Å². The Balaban J connectivity index is 0.000000263. The monoisotopic (exact) mass is 362 g/mol. The van der Waals surface area contributed by atoms with Gasteiger partial charge in [-0.3, -0.25) is 4.79 Å². The molecule has 26 heavy (non-hydrogen) atoms. The topological polar surface area (TPSA) is 133 Å². The molecule has 2 unspecified atom stereocenters. The van der Waals surface area contributed by atoms with Crippen molar-refractivity contribution in [1.29, 1.82) is 0 Å². The highest BCUT2D eigenvalue weighted by molar-refractivity contribution is 5.69. The first kappa shape index (κ1) is 21.6. The molecular weight excluding hydrogens is 340 g/mol. The van der Waals surface area contributed by atoms with Crippen LogP contribution in [0.15, 0.2) is 30.3 Å². The number of phenols is 1. The van der Waals surface area contributed by atoms with Crippen LogP contribution in [0, 0.1) is 20.8 Å². The number of phenolic OH excluding ortho intramolecular Hbond substituents is 1. The van der Waals surface area contributed by atoms with E-state index in [1.807, 2.05) is 0 Å². The zero-order valence-corrected chi connectivity index (χ0v) is 15.0. The van der Waals surface area contributed by atoms with Gasteiger partial charge in [0, 0.05) is 30.6 Å². The number of carbonyl (C=O) groups is 1. The summed E-state index contributed by atoms with van der Waals surface area (Å²) in [5, 5.41) is 48.5. The molecule has 2 aromatic rings. The second-order valence-electron chi connectivity index (χ2n) is 5.86. The van der Waals surface area contributed by atoms with Crippen LogP contribution < -0.4 is 14.9 Å². The Morgan fingerprint density at radius 3 is 2.00 bits per heavy atom. The number of carbonyl (C=O) groups excluding carboxylic acids is 1. The number of hydrogen-bond acceptors (Lipinski definition) is 7. The first-order chi connectivity index (χ1) is 12.0. The van der Waals surface area contributed by atoms with Gasteiger partial charge in [-0.05, 0) is 32.4 Å². The lowest BCUT2D eigenvalue weighted by atomic mass is 10.1. The summed E-state index contributed by atoms with van der Waals surface area (Å²) in [6, 6.07) is 7.93. The van der Waals surface area contributed by atoms with Gasteiger partial charge in [0.05, 0.1) is 0 Å². The third-order valence-corrected chi connectivity index (χ3v) is 3.43. The molecule has 2 aromatic carbocycles. The van der Waals surface area contributed by atoms with Crippen LogP contribution in [-0.4, -0.2) is 21.3 Å². The number of esters is 1. The predicted molar refractivity (Wildman–Crippen MR) is 90.0 cm³/mol. The van der Waals surface area contributed by atoms with Crippen LogP contribution in [0.5, 0.6) is 11.5 Å². The fourth-order valence-electron chi connectivity index (χ4n) is 2.29. The van der Waals surface area contributed by atoms with Gasteiger partial charge < -0.3 is 30.3 Å². The van der Waals surface area contributed by atoms with Gasteiger partial charge in [0.2, 0.25) is 0 Å². The van der Waals surface area contributed by atoms with Crippen LogP contribution >= 0.6 is 0 Å². The Morgan fingerprint density at radius 2 is 1.50 bits per heavy atom. The van der Waals surface area contributed by atoms with Crippen molar-refractivity contribution in [3.8, 4) is 11.5 Å². The van der Waals surface area contributed by atoms with Gasteiger partial charge in [0.25, 0.3) is 0 Å². The van der Waals surface area contributed by atoms with Crippen LogP contribution in [0.1, 0.15) is 47.3 Å². The maximum Gasteiger partial charge on any atom is 0.308 e. The highest BCUT2D eigenvalue weighted by Crippen LogP contribution is 2.26. The Hall–Kier alpha value is -2.45. The number of hydrogen-bond donors (Lipinski definition) is 3. The molecule has 0 spiro atoms. The van der Waals surface area contributed by atoms with Gasteiger partial charge in [-0.15, -0.1) is 0 Å². The minimum atomic E-state index is -1.88. The van der Waals surface area contributed by atoms with E-state index in [2.05, 4.69) is 0 Å². The molecule has 0 aliphatic heterocycles. The van der Waals surface area contributed by atoms with E-state index in [1.54, 1.807) is 32.9 Å². The molecule has 3 N–H and O–H groups in total. The van der Waals surface area contributed by atoms with Crippen molar-refractivity contribution in [2.24, 2.45) is 0 Å². The average Bonchev–Trinajstić information content (AvgIpc) is 2.52. The number of benzene rings is 2. The molecule has 0 saturated carbocycles. The molecule has 0 bridgehead atoms. The standard InChI is InChI=1S/C10H11O4.C9H11O3/c1-6-3-4-9(14-7(2)11)8(5-6)10(12)13;1-5-3-6(2)8(10)7(4-5)9(11)12/h3-5,10,12H,1-2H3;3-4,9-11H,1-2H3/q2*-1. The molecule has 7 heteroatoms. The third-order valence-electron chi connectivity index (χ3n) is 3.43. The summed E-state index contributed by atoms with van der Waals surface area (Å²) in [5.41, 5.74) is 2.42. The fourth-order valence-corrected chi connectivity index (χ4v) is 2.29. The molecule has 0 amide bonds. The number of aliphatic hydroxyl groups is 2. The summed E-state index contributed by atoms with van der Waals surface area (Å²) in [4.78, 5) is 10.7. The lowest BCUT2D eigenvalue weighted by Crippen LogP contribution is -2.16. The zero-order chi connectivity index (χ0) is 20.0. The molecule has 7 nitrogen and oxygen atoms in total. The Bertz CT molecular complexity index is 767.